The van der Waals surface area contributed by atoms with Crippen molar-refractivity contribution in [3.05, 3.63) is 29.3 Å². The molecule has 0 atom stereocenters. The molecule has 0 aromatic heterocycles. The van der Waals surface area contributed by atoms with Crippen LogP contribution < -0.4 is 10.6 Å². The molecule has 0 saturated carbocycles. The molecule has 0 spiro atoms. The van der Waals surface area contributed by atoms with Crippen LogP contribution in [-0.4, -0.2) is 11.0 Å². The van der Waals surface area contributed by atoms with E-state index >= 15 is 0 Å². The number of thiocarbonyl (C=S) groups is 1. The van der Waals surface area contributed by atoms with E-state index in [-0.39, 0.29) is 5.91 Å². The summed E-state index contributed by atoms with van der Waals surface area (Å²) in [6.07, 6.45) is 8.91. The molecule has 0 bridgehead atoms. The van der Waals surface area contributed by atoms with E-state index in [1.165, 1.54) is 32.1 Å². The van der Waals surface area contributed by atoms with Gasteiger partial charge in [-0.2, -0.15) is 0 Å². The topological polar surface area (TPSA) is 41.1 Å². The molecule has 0 saturated heterocycles. The summed E-state index contributed by atoms with van der Waals surface area (Å²) in [6, 6.07) is 7.17. The minimum atomic E-state index is -0.0278. The van der Waals surface area contributed by atoms with E-state index in [2.05, 4.69) is 17.6 Å². The number of unbranched alkanes of at least 4 members (excludes halogenated alkanes) is 6. The van der Waals surface area contributed by atoms with E-state index < -0.39 is 0 Å². The smallest absolute Gasteiger partial charge is 0.226 e. The number of benzene rings is 1. The van der Waals surface area contributed by atoms with E-state index in [1.807, 2.05) is 12.1 Å². The first-order valence-corrected chi connectivity index (χ1v) is 8.77. The molecule has 122 valence electrons. The normalized spacial score (nSPS) is 10.3. The number of nitrogens with one attached hydrogen (secondary N) is 2. The van der Waals surface area contributed by atoms with Crippen LogP contribution in [0.3, 0.4) is 0 Å². The summed E-state index contributed by atoms with van der Waals surface area (Å²) < 4.78 is 0. The molecule has 0 aliphatic rings. The van der Waals surface area contributed by atoms with Gasteiger partial charge >= 0.3 is 0 Å². The SMILES string of the molecule is CCCCCCCCCC(=O)NC(=S)Nc1ccc(Cl)cc1. The first kappa shape index (κ1) is 18.9. The fraction of sp³-hybridized carbons (Fsp3) is 0.529. The van der Waals surface area contributed by atoms with Gasteiger partial charge in [-0.1, -0.05) is 57.0 Å². The highest BCUT2D eigenvalue weighted by Crippen LogP contribution is 2.13. The van der Waals surface area contributed by atoms with Gasteiger partial charge in [-0.3, -0.25) is 4.79 Å². The predicted octanol–water partition coefficient (Wildman–Crippen LogP) is 5.29. The molecule has 0 heterocycles. The third-order valence-electron chi connectivity index (χ3n) is 3.36. The third kappa shape index (κ3) is 9.00. The Hall–Kier alpha value is -1.13. The maximum absolute atomic E-state index is 11.8. The first-order valence-electron chi connectivity index (χ1n) is 7.98. The second kappa shape index (κ2) is 11.4. The van der Waals surface area contributed by atoms with Gasteiger partial charge in [-0.15, -0.1) is 0 Å². The first-order chi connectivity index (χ1) is 10.6. The Morgan fingerprint density at radius 3 is 2.27 bits per heavy atom. The van der Waals surface area contributed by atoms with Crippen molar-refractivity contribution < 1.29 is 4.79 Å². The summed E-state index contributed by atoms with van der Waals surface area (Å²) in [6.45, 7) is 2.21. The van der Waals surface area contributed by atoms with Gasteiger partial charge in [0.2, 0.25) is 5.91 Å². The number of anilines is 1. The van der Waals surface area contributed by atoms with Gasteiger partial charge in [0.05, 0.1) is 0 Å². The van der Waals surface area contributed by atoms with E-state index in [9.17, 15) is 4.79 Å². The molecule has 0 radical (unpaired) electrons. The molecule has 1 amide bonds. The van der Waals surface area contributed by atoms with Crippen molar-refractivity contribution in [2.45, 2.75) is 58.3 Å². The quantitative estimate of drug-likeness (QED) is 0.473. The van der Waals surface area contributed by atoms with E-state index in [4.69, 9.17) is 23.8 Å². The van der Waals surface area contributed by atoms with E-state index in [1.54, 1.807) is 12.1 Å². The van der Waals surface area contributed by atoms with Crippen LogP contribution in [0.2, 0.25) is 5.02 Å². The zero-order valence-electron chi connectivity index (χ0n) is 13.2. The summed E-state index contributed by atoms with van der Waals surface area (Å²) in [5.41, 5.74) is 0.811. The minimum Gasteiger partial charge on any atom is -0.332 e. The fourth-order valence-electron chi connectivity index (χ4n) is 2.13. The molecule has 1 aromatic carbocycles. The van der Waals surface area contributed by atoms with Crippen molar-refractivity contribution >= 4 is 40.5 Å². The summed E-state index contributed by atoms with van der Waals surface area (Å²) in [5, 5.41) is 6.66. The van der Waals surface area contributed by atoms with Crippen molar-refractivity contribution in [3.8, 4) is 0 Å². The zero-order valence-corrected chi connectivity index (χ0v) is 14.7. The number of amides is 1. The maximum Gasteiger partial charge on any atom is 0.226 e. The molecule has 2 N–H and O–H groups in total. The van der Waals surface area contributed by atoms with Crippen LogP contribution >= 0.6 is 23.8 Å². The highest BCUT2D eigenvalue weighted by atomic mass is 35.5. The Morgan fingerprint density at radius 1 is 1.05 bits per heavy atom. The lowest BCUT2D eigenvalue weighted by molar-refractivity contribution is -0.119. The van der Waals surface area contributed by atoms with Crippen molar-refractivity contribution in [2.75, 3.05) is 5.32 Å². The Balaban J connectivity index is 2.11. The summed E-state index contributed by atoms with van der Waals surface area (Å²) in [7, 11) is 0. The van der Waals surface area contributed by atoms with Gasteiger partial charge in [0.1, 0.15) is 0 Å². The van der Waals surface area contributed by atoms with Crippen LogP contribution in [-0.2, 0) is 4.79 Å². The zero-order chi connectivity index (χ0) is 16.2. The molecular weight excluding hydrogens is 316 g/mol. The lowest BCUT2D eigenvalue weighted by Crippen LogP contribution is -2.33. The van der Waals surface area contributed by atoms with Gasteiger partial charge in [-0.05, 0) is 42.9 Å². The highest BCUT2D eigenvalue weighted by Gasteiger charge is 2.04. The monoisotopic (exact) mass is 340 g/mol. The molecule has 5 heteroatoms. The molecule has 0 aliphatic heterocycles. The van der Waals surface area contributed by atoms with Gasteiger partial charge in [0.15, 0.2) is 5.11 Å². The third-order valence-corrected chi connectivity index (χ3v) is 3.82. The Kier molecular flexibility index (Phi) is 9.84. The number of halogens is 1. The highest BCUT2D eigenvalue weighted by molar-refractivity contribution is 7.80. The molecule has 3 nitrogen and oxygen atoms in total. The minimum absolute atomic E-state index is 0.0278. The molecule has 1 aromatic rings. The average Bonchev–Trinajstić information content (AvgIpc) is 2.48. The van der Waals surface area contributed by atoms with Gasteiger partial charge < -0.3 is 10.6 Å². The average molecular weight is 341 g/mol. The molecule has 0 fully saturated rings. The molecular formula is C17H25ClN2OS. The predicted molar refractivity (Wildman–Crippen MR) is 98.4 cm³/mol. The largest absolute Gasteiger partial charge is 0.332 e. The standard InChI is InChI=1S/C17H25ClN2OS/c1-2-3-4-5-6-7-8-9-16(21)20-17(22)19-15-12-10-14(18)11-13-15/h10-13H,2-9H2,1H3,(H2,19,20,21,22). The number of carbonyl (C=O) groups excluding carboxylic acids is 1. The Bertz CT molecular complexity index is 462. The molecule has 0 aliphatic carbocycles. The lowest BCUT2D eigenvalue weighted by atomic mass is 10.1. The maximum atomic E-state index is 11.8. The van der Waals surface area contributed by atoms with Gasteiger partial charge in [-0.25, -0.2) is 0 Å². The van der Waals surface area contributed by atoms with Crippen LogP contribution in [0.15, 0.2) is 24.3 Å². The Labute approximate surface area is 143 Å². The van der Waals surface area contributed by atoms with E-state index in [0.717, 1.165) is 18.5 Å². The molecule has 0 unspecified atom stereocenters. The number of carbonyl (C=O) groups is 1. The number of hydrogen-bond donors (Lipinski definition) is 2. The van der Waals surface area contributed by atoms with E-state index in [0.29, 0.717) is 16.6 Å². The number of rotatable bonds is 9. The number of hydrogen-bond acceptors (Lipinski definition) is 2. The molecule has 1 rings (SSSR count). The van der Waals surface area contributed by atoms with Crippen LogP contribution in [0.5, 0.6) is 0 Å². The summed E-state index contributed by atoms with van der Waals surface area (Å²) >= 11 is 10.9. The van der Waals surface area contributed by atoms with Crippen molar-refractivity contribution in [1.82, 2.24) is 5.32 Å². The van der Waals surface area contributed by atoms with Crippen molar-refractivity contribution in [3.63, 3.8) is 0 Å². The molecule has 22 heavy (non-hydrogen) atoms. The van der Waals surface area contributed by atoms with Crippen LogP contribution in [0.1, 0.15) is 58.3 Å². The van der Waals surface area contributed by atoms with Crippen molar-refractivity contribution in [1.29, 1.82) is 0 Å². The second-order valence-electron chi connectivity index (χ2n) is 5.38. The summed E-state index contributed by atoms with van der Waals surface area (Å²) in [4.78, 5) is 11.8. The second-order valence-corrected chi connectivity index (χ2v) is 6.23. The van der Waals surface area contributed by atoms with Crippen LogP contribution in [0.25, 0.3) is 0 Å². The van der Waals surface area contributed by atoms with Gasteiger partial charge in [0, 0.05) is 17.1 Å². The van der Waals surface area contributed by atoms with Crippen molar-refractivity contribution in [2.24, 2.45) is 0 Å². The van der Waals surface area contributed by atoms with Crippen LogP contribution in [0.4, 0.5) is 5.69 Å². The fourth-order valence-corrected chi connectivity index (χ4v) is 2.49. The van der Waals surface area contributed by atoms with Crippen LogP contribution in [0, 0.1) is 0 Å². The van der Waals surface area contributed by atoms with Gasteiger partial charge in [0.25, 0.3) is 0 Å². The lowest BCUT2D eigenvalue weighted by Gasteiger charge is -2.09. The Morgan fingerprint density at radius 2 is 1.64 bits per heavy atom. The summed E-state index contributed by atoms with van der Waals surface area (Å²) in [5.74, 6) is -0.0278.